The summed E-state index contributed by atoms with van der Waals surface area (Å²) in [5.74, 6) is -0.249. The average molecular weight is 339 g/mol. The third-order valence-corrected chi connectivity index (χ3v) is 3.65. The fraction of sp³-hybridized carbons (Fsp3) is 0.643. The molecular weight excluding hydrogens is 321 g/mol. The van der Waals surface area contributed by atoms with Crippen LogP contribution in [0.2, 0.25) is 0 Å². The zero-order chi connectivity index (χ0) is 17.2. The van der Waals surface area contributed by atoms with Crippen molar-refractivity contribution in [3.8, 4) is 0 Å². The highest BCUT2D eigenvalue weighted by Gasteiger charge is 2.33. The summed E-state index contributed by atoms with van der Waals surface area (Å²) < 4.78 is 69.4. The topological polar surface area (TPSA) is 46.2 Å². The fourth-order valence-electron chi connectivity index (χ4n) is 2.39. The van der Waals surface area contributed by atoms with E-state index in [9.17, 15) is 22.0 Å². The highest BCUT2D eigenvalue weighted by molar-refractivity contribution is 5.47. The fourth-order valence-corrected chi connectivity index (χ4v) is 2.39. The predicted molar refractivity (Wildman–Crippen MR) is 74.5 cm³/mol. The Hall–Kier alpha value is -1.48. The molecule has 3 atom stereocenters. The monoisotopic (exact) mass is 339 g/mol. The van der Waals surface area contributed by atoms with E-state index in [1.54, 1.807) is 0 Å². The van der Waals surface area contributed by atoms with Crippen LogP contribution in [0.1, 0.15) is 31.4 Å². The molecular formula is C14H18F5N3O. The second kappa shape index (κ2) is 6.96. The Balaban J connectivity index is 2.10. The van der Waals surface area contributed by atoms with E-state index >= 15 is 0 Å². The Bertz CT molecular complexity index is 538. The zero-order valence-electron chi connectivity index (χ0n) is 12.6. The van der Waals surface area contributed by atoms with Gasteiger partial charge in [-0.3, -0.25) is 0 Å². The molecule has 0 aromatic carbocycles. The third-order valence-electron chi connectivity index (χ3n) is 3.65. The SMILES string of the molecule is C[C@@H]1CN[C@H](CNc2ncc(C(F)(F)F)cc2C(F)F)[C@H](C)O1. The summed E-state index contributed by atoms with van der Waals surface area (Å²) in [6.07, 6.45) is -7.33. The van der Waals surface area contributed by atoms with E-state index in [0.29, 0.717) is 18.8 Å². The van der Waals surface area contributed by atoms with Gasteiger partial charge in [-0.05, 0) is 19.9 Å². The van der Waals surface area contributed by atoms with Crippen molar-refractivity contribution in [2.75, 3.05) is 18.4 Å². The lowest BCUT2D eigenvalue weighted by molar-refractivity contribution is -0.137. The maximum absolute atomic E-state index is 13.0. The first-order valence-corrected chi connectivity index (χ1v) is 7.16. The molecule has 0 amide bonds. The van der Waals surface area contributed by atoms with E-state index in [2.05, 4.69) is 15.6 Å². The molecule has 1 aliphatic heterocycles. The second-order valence-electron chi connectivity index (χ2n) is 5.51. The standard InChI is InChI=1S/C14H18F5N3O/c1-7-4-20-11(8(2)23-7)6-22-13-10(12(15)16)3-9(5-21-13)14(17,18)19/h3,5,7-8,11-12,20H,4,6H2,1-2H3,(H,21,22)/t7-,8+,11-/m1/s1. The molecule has 0 saturated carbocycles. The number of nitrogens with zero attached hydrogens (tertiary/aromatic N) is 1. The number of aromatic nitrogens is 1. The van der Waals surface area contributed by atoms with Gasteiger partial charge in [-0.15, -0.1) is 0 Å². The molecule has 0 bridgehead atoms. The Labute approximate surface area is 130 Å². The summed E-state index contributed by atoms with van der Waals surface area (Å²) in [7, 11) is 0. The first kappa shape index (κ1) is 17.9. The number of rotatable bonds is 4. The Morgan fingerprint density at radius 3 is 2.65 bits per heavy atom. The number of anilines is 1. The van der Waals surface area contributed by atoms with Crippen LogP contribution in [-0.2, 0) is 10.9 Å². The molecule has 4 nitrogen and oxygen atoms in total. The van der Waals surface area contributed by atoms with Crippen LogP contribution in [0, 0.1) is 0 Å². The Morgan fingerprint density at radius 1 is 1.39 bits per heavy atom. The van der Waals surface area contributed by atoms with E-state index in [-0.39, 0.29) is 30.6 Å². The van der Waals surface area contributed by atoms with Crippen LogP contribution in [-0.4, -0.2) is 36.3 Å². The minimum atomic E-state index is -4.71. The van der Waals surface area contributed by atoms with Gasteiger partial charge in [0.05, 0.1) is 29.4 Å². The molecule has 1 saturated heterocycles. The van der Waals surface area contributed by atoms with Crippen LogP contribution in [0.15, 0.2) is 12.3 Å². The van der Waals surface area contributed by atoms with Gasteiger partial charge in [0.15, 0.2) is 0 Å². The molecule has 2 heterocycles. The lowest BCUT2D eigenvalue weighted by Crippen LogP contribution is -2.53. The quantitative estimate of drug-likeness (QED) is 0.827. The largest absolute Gasteiger partial charge is 0.417 e. The van der Waals surface area contributed by atoms with Crippen LogP contribution in [0.3, 0.4) is 0 Å². The first-order chi connectivity index (χ1) is 10.7. The zero-order valence-corrected chi connectivity index (χ0v) is 12.6. The molecule has 1 fully saturated rings. The number of alkyl halides is 5. The summed E-state index contributed by atoms with van der Waals surface area (Å²) in [5, 5.41) is 5.88. The van der Waals surface area contributed by atoms with Gasteiger partial charge in [-0.25, -0.2) is 13.8 Å². The van der Waals surface area contributed by atoms with Crippen LogP contribution in [0.4, 0.5) is 27.8 Å². The van der Waals surface area contributed by atoms with Gasteiger partial charge >= 0.3 is 6.18 Å². The van der Waals surface area contributed by atoms with E-state index in [0.717, 1.165) is 0 Å². The maximum Gasteiger partial charge on any atom is 0.417 e. The summed E-state index contributed by atoms with van der Waals surface area (Å²) in [5.41, 5.74) is -1.96. The Morgan fingerprint density at radius 2 is 2.09 bits per heavy atom. The third kappa shape index (κ3) is 4.51. The lowest BCUT2D eigenvalue weighted by atomic mass is 10.1. The number of pyridine rings is 1. The normalized spacial score (nSPS) is 25.7. The predicted octanol–water partition coefficient (Wildman–Crippen LogP) is 3.22. The van der Waals surface area contributed by atoms with Crippen molar-refractivity contribution in [3.05, 3.63) is 23.4 Å². The van der Waals surface area contributed by atoms with Crippen LogP contribution >= 0.6 is 0 Å². The molecule has 2 N–H and O–H groups in total. The van der Waals surface area contributed by atoms with Crippen LogP contribution < -0.4 is 10.6 Å². The van der Waals surface area contributed by atoms with Crippen molar-refractivity contribution >= 4 is 5.82 Å². The van der Waals surface area contributed by atoms with Gasteiger partial charge < -0.3 is 15.4 Å². The van der Waals surface area contributed by atoms with Gasteiger partial charge in [0.1, 0.15) is 5.82 Å². The van der Waals surface area contributed by atoms with E-state index in [1.807, 2.05) is 13.8 Å². The number of ether oxygens (including phenoxy) is 1. The summed E-state index contributed by atoms with van der Waals surface area (Å²) >= 11 is 0. The molecule has 130 valence electrons. The van der Waals surface area contributed by atoms with Crippen molar-refractivity contribution in [2.24, 2.45) is 0 Å². The molecule has 0 aliphatic carbocycles. The van der Waals surface area contributed by atoms with Crippen molar-refractivity contribution in [3.63, 3.8) is 0 Å². The molecule has 2 rings (SSSR count). The summed E-state index contributed by atoms with van der Waals surface area (Å²) in [4.78, 5) is 3.51. The molecule has 0 spiro atoms. The molecule has 9 heteroatoms. The number of halogens is 5. The maximum atomic E-state index is 13.0. The minimum absolute atomic E-state index is 0.0436. The highest BCUT2D eigenvalue weighted by Crippen LogP contribution is 2.34. The van der Waals surface area contributed by atoms with Crippen molar-refractivity contribution in [2.45, 2.75) is 44.7 Å². The summed E-state index contributed by atoms with van der Waals surface area (Å²) in [6.45, 7) is 4.56. The van der Waals surface area contributed by atoms with E-state index in [1.165, 1.54) is 0 Å². The molecule has 0 unspecified atom stereocenters. The lowest BCUT2D eigenvalue weighted by Gasteiger charge is -2.34. The molecule has 1 aromatic rings. The van der Waals surface area contributed by atoms with Crippen LogP contribution in [0.5, 0.6) is 0 Å². The van der Waals surface area contributed by atoms with Crippen molar-refractivity contribution in [1.29, 1.82) is 0 Å². The molecule has 1 aliphatic rings. The molecule has 1 aromatic heterocycles. The van der Waals surface area contributed by atoms with Crippen LogP contribution in [0.25, 0.3) is 0 Å². The van der Waals surface area contributed by atoms with Crippen molar-refractivity contribution < 1.29 is 26.7 Å². The van der Waals surface area contributed by atoms with Gasteiger partial charge in [-0.2, -0.15) is 13.2 Å². The van der Waals surface area contributed by atoms with E-state index in [4.69, 9.17) is 4.74 Å². The van der Waals surface area contributed by atoms with Crippen molar-refractivity contribution in [1.82, 2.24) is 10.3 Å². The second-order valence-corrected chi connectivity index (χ2v) is 5.51. The number of hydrogen-bond acceptors (Lipinski definition) is 4. The van der Waals surface area contributed by atoms with E-state index < -0.39 is 23.7 Å². The highest BCUT2D eigenvalue weighted by atomic mass is 19.4. The smallest absolute Gasteiger partial charge is 0.373 e. The molecule has 23 heavy (non-hydrogen) atoms. The number of hydrogen-bond donors (Lipinski definition) is 2. The molecule has 0 radical (unpaired) electrons. The average Bonchev–Trinajstić information content (AvgIpc) is 2.45. The summed E-state index contributed by atoms with van der Waals surface area (Å²) in [6, 6.07) is 0.275. The first-order valence-electron chi connectivity index (χ1n) is 7.16. The van der Waals surface area contributed by atoms with Gasteiger partial charge in [0.2, 0.25) is 0 Å². The minimum Gasteiger partial charge on any atom is -0.373 e. The Kier molecular flexibility index (Phi) is 5.41. The number of nitrogens with one attached hydrogen (secondary N) is 2. The van der Waals surface area contributed by atoms with Gasteiger partial charge in [0, 0.05) is 19.3 Å². The number of morpholine rings is 1. The van der Waals surface area contributed by atoms with Gasteiger partial charge in [-0.1, -0.05) is 0 Å². The van der Waals surface area contributed by atoms with Gasteiger partial charge in [0.25, 0.3) is 6.43 Å².